The van der Waals surface area contributed by atoms with Crippen LogP contribution in [0.15, 0.2) is 18.2 Å². The van der Waals surface area contributed by atoms with Crippen molar-refractivity contribution in [1.29, 1.82) is 0 Å². The Bertz CT molecular complexity index is 381. The number of β-amino-alcohol motifs (C(OH)–C–C–N with tert-alkyl or cyclic N) is 1. The summed E-state index contributed by atoms with van der Waals surface area (Å²) in [6, 6.07) is 4.41. The molecule has 80 valence electrons. The minimum atomic E-state index is -0.427. The number of aldehydes is 1. The molecule has 1 unspecified atom stereocenters. The number of halogens is 1. The molecular weight excluding hydrogens is 197 g/mol. The van der Waals surface area contributed by atoms with Gasteiger partial charge in [0.15, 0.2) is 6.29 Å². The molecule has 0 amide bonds. The van der Waals surface area contributed by atoms with Crippen LogP contribution in [0.5, 0.6) is 0 Å². The summed E-state index contributed by atoms with van der Waals surface area (Å²) in [6.45, 7) is 0.977. The molecule has 0 radical (unpaired) electrons. The monoisotopic (exact) mass is 209 g/mol. The molecule has 1 atom stereocenters. The second-order valence-corrected chi connectivity index (χ2v) is 3.68. The standard InChI is InChI=1S/C11H12FNO2/c12-10-3-1-2-8(7-14)11(10)13-5-4-9(15)6-13/h1-3,7,9,15H,4-6H2. The first kappa shape index (κ1) is 10.1. The Hall–Kier alpha value is -1.42. The maximum atomic E-state index is 13.5. The van der Waals surface area contributed by atoms with Crippen LogP contribution < -0.4 is 4.90 Å². The third-order valence-electron chi connectivity index (χ3n) is 2.62. The van der Waals surface area contributed by atoms with Crippen molar-refractivity contribution >= 4 is 12.0 Å². The van der Waals surface area contributed by atoms with Crippen LogP contribution >= 0.6 is 0 Å². The van der Waals surface area contributed by atoms with E-state index in [1.807, 2.05) is 0 Å². The molecule has 1 aliphatic rings. The number of benzene rings is 1. The lowest BCUT2D eigenvalue weighted by molar-refractivity contribution is 0.112. The smallest absolute Gasteiger partial charge is 0.152 e. The fourth-order valence-electron chi connectivity index (χ4n) is 1.91. The Morgan fingerprint density at radius 2 is 2.33 bits per heavy atom. The normalized spacial score (nSPS) is 20.7. The van der Waals surface area contributed by atoms with Gasteiger partial charge in [-0.15, -0.1) is 0 Å². The Morgan fingerprint density at radius 1 is 1.53 bits per heavy atom. The molecule has 1 aliphatic heterocycles. The molecule has 0 aromatic heterocycles. The second kappa shape index (κ2) is 3.98. The lowest BCUT2D eigenvalue weighted by Gasteiger charge is -2.20. The quantitative estimate of drug-likeness (QED) is 0.744. The van der Waals surface area contributed by atoms with Gasteiger partial charge in [-0.25, -0.2) is 4.39 Å². The maximum absolute atomic E-state index is 13.5. The molecule has 1 fully saturated rings. The highest BCUT2D eigenvalue weighted by Crippen LogP contribution is 2.26. The average Bonchev–Trinajstić information content (AvgIpc) is 2.64. The molecule has 1 aromatic carbocycles. The lowest BCUT2D eigenvalue weighted by atomic mass is 10.1. The van der Waals surface area contributed by atoms with Crippen molar-refractivity contribution in [1.82, 2.24) is 0 Å². The van der Waals surface area contributed by atoms with Gasteiger partial charge in [-0.2, -0.15) is 0 Å². The maximum Gasteiger partial charge on any atom is 0.152 e. The van der Waals surface area contributed by atoms with Crippen LogP contribution in [-0.4, -0.2) is 30.6 Å². The molecule has 0 spiro atoms. The minimum Gasteiger partial charge on any atom is -0.391 e. The van der Waals surface area contributed by atoms with E-state index in [1.165, 1.54) is 12.1 Å². The summed E-state index contributed by atoms with van der Waals surface area (Å²) < 4.78 is 13.5. The summed E-state index contributed by atoms with van der Waals surface area (Å²) >= 11 is 0. The fraction of sp³-hybridized carbons (Fsp3) is 0.364. The molecule has 4 heteroatoms. The SMILES string of the molecule is O=Cc1cccc(F)c1N1CCC(O)C1. The number of aliphatic hydroxyl groups is 1. The van der Waals surface area contributed by atoms with Gasteiger partial charge in [0.2, 0.25) is 0 Å². The van der Waals surface area contributed by atoms with Gasteiger partial charge in [0.1, 0.15) is 5.82 Å². The molecule has 0 saturated carbocycles. The van der Waals surface area contributed by atoms with Crippen LogP contribution in [-0.2, 0) is 0 Å². The van der Waals surface area contributed by atoms with Gasteiger partial charge in [0, 0.05) is 18.7 Å². The van der Waals surface area contributed by atoms with Crippen molar-refractivity contribution in [3.63, 3.8) is 0 Å². The van der Waals surface area contributed by atoms with E-state index in [-0.39, 0.29) is 0 Å². The Kier molecular flexibility index (Phi) is 2.68. The molecule has 2 rings (SSSR count). The van der Waals surface area contributed by atoms with Crippen molar-refractivity contribution < 1.29 is 14.3 Å². The summed E-state index contributed by atoms with van der Waals surface area (Å²) in [6.07, 6.45) is 0.833. The van der Waals surface area contributed by atoms with Gasteiger partial charge in [-0.1, -0.05) is 6.07 Å². The number of aliphatic hydroxyl groups excluding tert-OH is 1. The zero-order valence-corrected chi connectivity index (χ0v) is 8.19. The molecule has 1 aromatic rings. The third-order valence-corrected chi connectivity index (χ3v) is 2.62. The zero-order chi connectivity index (χ0) is 10.8. The van der Waals surface area contributed by atoms with E-state index in [2.05, 4.69) is 0 Å². The number of carbonyl (C=O) groups excluding carboxylic acids is 1. The molecule has 1 heterocycles. The molecule has 15 heavy (non-hydrogen) atoms. The fourth-order valence-corrected chi connectivity index (χ4v) is 1.91. The number of anilines is 1. The molecule has 1 N–H and O–H groups in total. The Morgan fingerprint density at radius 3 is 2.93 bits per heavy atom. The van der Waals surface area contributed by atoms with Crippen LogP contribution in [0.2, 0.25) is 0 Å². The number of nitrogens with zero attached hydrogens (tertiary/aromatic N) is 1. The molecule has 1 saturated heterocycles. The average molecular weight is 209 g/mol. The first-order valence-corrected chi connectivity index (χ1v) is 4.89. The van der Waals surface area contributed by atoms with Crippen molar-refractivity contribution in [2.75, 3.05) is 18.0 Å². The highest BCUT2D eigenvalue weighted by molar-refractivity contribution is 5.85. The van der Waals surface area contributed by atoms with Gasteiger partial charge in [-0.05, 0) is 18.6 Å². The molecule has 3 nitrogen and oxygen atoms in total. The van der Waals surface area contributed by atoms with E-state index in [4.69, 9.17) is 0 Å². The molecule has 0 aliphatic carbocycles. The third kappa shape index (κ3) is 1.85. The van der Waals surface area contributed by atoms with E-state index < -0.39 is 11.9 Å². The number of rotatable bonds is 2. The molecule has 0 bridgehead atoms. The van der Waals surface area contributed by atoms with Crippen LogP contribution in [0.3, 0.4) is 0 Å². The predicted molar refractivity (Wildman–Crippen MR) is 54.6 cm³/mol. The van der Waals surface area contributed by atoms with E-state index in [9.17, 15) is 14.3 Å². The van der Waals surface area contributed by atoms with Crippen molar-refractivity contribution in [3.8, 4) is 0 Å². The van der Waals surface area contributed by atoms with Crippen molar-refractivity contribution in [3.05, 3.63) is 29.6 Å². The summed E-state index contributed by atoms with van der Waals surface area (Å²) in [5, 5.41) is 9.36. The number of para-hydroxylation sites is 1. The molecular formula is C11H12FNO2. The van der Waals surface area contributed by atoms with E-state index in [1.54, 1.807) is 11.0 Å². The van der Waals surface area contributed by atoms with Gasteiger partial charge in [0.05, 0.1) is 11.8 Å². The van der Waals surface area contributed by atoms with Crippen molar-refractivity contribution in [2.45, 2.75) is 12.5 Å². The predicted octanol–water partition coefficient (Wildman–Crippen LogP) is 1.21. The summed E-state index contributed by atoms with van der Waals surface area (Å²) in [7, 11) is 0. The summed E-state index contributed by atoms with van der Waals surface area (Å²) in [5.74, 6) is -0.409. The first-order chi connectivity index (χ1) is 7.22. The van der Waals surface area contributed by atoms with Crippen LogP contribution in [0.1, 0.15) is 16.8 Å². The summed E-state index contributed by atoms with van der Waals surface area (Å²) in [4.78, 5) is 12.5. The van der Waals surface area contributed by atoms with Crippen LogP contribution in [0, 0.1) is 5.82 Å². The largest absolute Gasteiger partial charge is 0.391 e. The van der Waals surface area contributed by atoms with E-state index in [0.717, 1.165) is 0 Å². The number of carbonyl (C=O) groups is 1. The Labute approximate surface area is 87.1 Å². The number of hydrogen-bond donors (Lipinski definition) is 1. The number of hydrogen-bond acceptors (Lipinski definition) is 3. The van der Waals surface area contributed by atoms with Crippen LogP contribution in [0.25, 0.3) is 0 Å². The van der Waals surface area contributed by atoms with Gasteiger partial charge >= 0.3 is 0 Å². The zero-order valence-electron chi connectivity index (χ0n) is 8.19. The van der Waals surface area contributed by atoms with E-state index >= 15 is 0 Å². The van der Waals surface area contributed by atoms with E-state index in [0.29, 0.717) is 37.0 Å². The highest BCUT2D eigenvalue weighted by atomic mass is 19.1. The first-order valence-electron chi connectivity index (χ1n) is 4.89. The second-order valence-electron chi connectivity index (χ2n) is 3.68. The van der Waals surface area contributed by atoms with Gasteiger partial charge in [0.25, 0.3) is 0 Å². The topological polar surface area (TPSA) is 40.5 Å². The van der Waals surface area contributed by atoms with Crippen LogP contribution in [0.4, 0.5) is 10.1 Å². The highest BCUT2D eigenvalue weighted by Gasteiger charge is 2.24. The summed E-state index contributed by atoms with van der Waals surface area (Å²) in [5.41, 5.74) is 0.646. The lowest BCUT2D eigenvalue weighted by Crippen LogP contribution is -2.23. The minimum absolute atomic E-state index is 0.309. The van der Waals surface area contributed by atoms with Crippen molar-refractivity contribution in [2.24, 2.45) is 0 Å². The van der Waals surface area contributed by atoms with Gasteiger partial charge in [-0.3, -0.25) is 4.79 Å². The van der Waals surface area contributed by atoms with Gasteiger partial charge < -0.3 is 10.0 Å². The Balaban J connectivity index is 2.37.